The van der Waals surface area contributed by atoms with Crippen LogP contribution in [0.4, 0.5) is 0 Å². The molecule has 0 aromatic heterocycles. The molecule has 0 aliphatic rings. The molecule has 1 aromatic rings. The SMILES string of the molecule is CC(=O)NCc1cccc(CN(C)C)c1. The Hall–Kier alpha value is -1.35. The van der Waals surface area contributed by atoms with Crippen molar-refractivity contribution in [3.05, 3.63) is 35.4 Å². The number of nitrogens with zero attached hydrogens (tertiary/aromatic N) is 1. The third-order valence-corrected chi connectivity index (χ3v) is 2.03. The Balaban J connectivity index is 2.61. The summed E-state index contributed by atoms with van der Waals surface area (Å²) in [5.74, 6) is 0.00742. The van der Waals surface area contributed by atoms with Gasteiger partial charge in [-0.1, -0.05) is 24.3 Å². The van der Waals surface area contributed by atoms with Crippen LogP contribution in [0.5, 0.6) is 0 Å². The van der Waals surface area contributed by atoms with Gasteiger partial charge in [-0.15, -0.1) is 0 Å². The second-order valence-electron chi connectivity index (χ2n) is 3.97. The molecule has 0 bridgehead atoms. The summed E-state index contributed by atoms with van der Waals surface area (Å²) in [7, 11) is 4.08. The number of benzene rings is 1. The lowest BCUT2D eigenvalue weighted by Gasteiger charge is -2.10. The maximum absolute atomic E-state index is 10.8. The van der Waals surface area contributed by atoms with Crippen molar-refractivity contribution in [1.82, 2.24) is 10.2 Å². The van der Waals surface area contributed by atoms with E-state index in [4.69, 9.17) is 0 Å². The quantitative estimate of drug-likeness (QED) is 0.807. The molecule has 0 radical (unpaired) electrons. The average molecular weight is 206 g/mol. The van der Waals surface area contributed by atoms with E-state index in [0.717, 1.165) is 12.1 Å². The summed E-state index contributed by atoms with van der Waals surface area (Å²) in [6.07, 6.45) is 0. The van der Waals surface area contributed by atoms with Gasteiger partial charge in [-0.25, -0.2) is 0 Å². The molecule has 0 heterocycles. The fourth-order valence-corrected chi connectivity index (χ4v) is 1.43. The first-order valence-electron chi connectivity index (χ1n) is 5.05. The van der Waals surface area contributed by atoms with Gasteiger partial charge in [-0.05, 0) is 25.2 Å². The van der Waals surface area contributed by atoms with Crippen molar-refractivity contribution in [3.8, 4) is 0 Å². The zero-order valence-electron chi connectivity index (χ0n) is 9.58. The number of carbonyl (C=O) groups is 1. The highest BCUT2D eigenvalue weighted by molar-refractivity contribution is 5.72. The van der Waals surface area contributed by atoms with Crippen molar-refractivity contribution in [3.63, 3.8) is 0 Å². The Morgan fingerprint density at radius 1 is 1.33 bits per heavy atom. The van der Waals surface area contributed by atoms with Crippen molar-refractivity contribution in [2.24, 2.45) is 0 Å². The number of hydrogen-bond acceptors (Lipinski definition) is 2. The summed E-state index contributed by atoms with van der Waals surface area (Å²) in [5, 5.41) is 2.79. The van der Waals surface area contributed by atoms with Gasteiger partial charge in [0.25, 0.3) is 0 Å². The topological polar surface area (TPSA) is 32.3 Å². The molecule has 3 heteroatoms. The van der Waals surface area contributed by atoms with Gasteiger partial charge in [0.15, 0.2) is 0 Å². The molecule has 0 aliphatic carbocycles. The molecule has 3 nitrogen and oxygen atoms in total. The van der Waals surface area contributed by atoms with Crippen LogP contribution in [0.2, 0.25) is 0 Å². The molecule has 0 fully saturated rings. The summed E-state index contributed by atoms with van der Waals surface area (Å²) in [5.41, 5.74) is 2.41. The number of rotatable bonds is 4. The molecule has 1 N–H and O–H groups in total. The summed E-state index contributed by atoms with van der Waals surface area (Å²) in [6, 6.07) is 8.26. The van der Waals surface area contributed by atoms with Crippen LogP contribution in [0.3, 0.4) is 0 Å². The van der Waals surface area contributed by atoms with Crippen molar-refractivity contribution in [2.75, 3.05) is 14.1 Å². The van der Waals surface area contributed by atoms with Gasteiger partial charge in [-0.2, -0.15) is 0 Å². The Morgan fingerprint density at radius 2 is 2.00 bits per heavy atom. The zero-order chi connectivity index (χ0) is 11.3. The molecule has 82 valence electrons. The lowest BCUT2D eigenvalue weighted by Crippen LogP contribution is -2.19. The van der Waals surface area contributed by atoms with Crippen LogP contribution in [0.25, 0.3) is 0 Å². The fraction of sp³-hybridized carbons (Fsp3) is 0.417. The molecule has 15 heavy (non-hydrogen) atoms. The first kappa shape index (κ1) is 11.7. The van der Waals surface area contributed by atoms with Gasteiger partial charge in [0.1, 0.15) is 0 Å². The van der Waals surface area contributed by atoms with E-state index in [9.17, 15) is 4.79 Å². The molecule has 1 rings (SSSR count). The molecule has 0 saturated heterocycles. The molecule has 0 unspecified atom stereocenters. The average Bonchev–Trinajstić information content (AvgIpc) is 2.14. The van der Waals surface area contributed by atoms with Crippen LogP contribution in [-0.4, -0.2) is 24.9 Å². The molecule has 0 saturated carbocycles. The highest BCUT2D eigenvalue weighted by Gasteiger charge is 1.98. The van der Waals surface area contributed by atoms with E-state index in [2.05, 4.69) is 22.3 Å². The van der Waals surface area contributed by atoms with Crippen LogP contribution < -0.4 is 5.32 Å². The first-order chi connectivity index (χ1) is 7.08. The van der Waals surface area contributed by atoms with Crippen LogP contribution in [0.1, 0.15) is 18.1 Å². The second-order valence-corrected chi connectivity index (χ2v) is 3.97. The van der Waals surface area contributed by atoms with Gasteiger partial charge in [0.2, 0.25) is 5.91 Å². The summed E-state index contributed by atoms with van der Waals surface area (Å²) in [6.45, 7) is 3.06. The van der Waals surface area contributed by atoms with Gasteiger partial charge >= 0.3 is 0 Å². The van der Waals surface area contributed by atoms with E-state index in [1.54, 1.807) is 0 Å². The lowest BCUT2D eigenvalue weighted by atomic mass is 10.1. The number of nitrogens with one attached hydrogen (secondary N) is 1. The standard InChI is InChI=1S/C12H18N2O/c1-10(15)13-8-11-5-4-6-12(7-11)9-14(2)3/h4-7H,8-9H2,1-3H3,(H,13,15). The molecular formula is C12H18N2O. The molecule has 0 spiro atoms. The van der Waals surface area contributed by atoms with E-state index in [1.165, 1.54) is 12.5 Å². The fourth-order valence-electron chi connectivity index (χ4n) is 1.43. The van der Waals surface area contributed by atoms with Crippen molar-refractivity contribution >= 4 is 5.91 Å². The van der Waals surface area contributed by atoms with E-state index in [0.29, 0.717) is 6.54 Å². The minimum absolute atomic E-state index is 0.00742. The van der Waals surface area contributed by atoms with Crippen LogP contribution >= 0.6 is 0 Å². The van der Waals surface area contributed by atoms with E-state index >= 15 is 0 Å². The summed E-state index contributed by atoms with van der Waals surface area (Å²) >= 11 is 0. The minimum Gasteiger partial charge on any atom is -0.352 e. The van der Waals surface area contributed by atoms with Crippen molar-refractivity contribution in [1.29, 1.82) is 0 Å². The van der Waals surface area contributed by atoms with Gasteiger partial charge in [0, 0.05) is 20.0 Å². The third kappa shape index (κ3) is 4.61. The molecule has 1 amide bonds. The number of hydrogen-bond donors (Lipinski definition) is 1. The first-order valence-corrected chi connectivity index (χ1v) is 5.05. The molecule has 0 atom stereocenters. The Morgan fingerprint density at radius 3 is 2.60 bits per heavy atom. The van der Waals surface area contributed by atoms with E-state index in [1.807, 2.05) is 26.2 Å². The molecule has 0 aliphatic heterocycles. The van der Waals surface area contributed by atoms with Crippen molar-refractivity contribution < 1.29 is 4.79 Å². The Labute approximate surface area is 91.1 Å². The maximum atomic E-state index is 10.8. The minimum atomic E-state index is 0.00742. The van der Waals surface area contributed by atoms with Crippen LogP contribution in [-0.2, 0) is 17.9 Å². The zero-order valence-corrected chi connectivity index (χ0v) is 9.58. The largest absolute Gasteiger partial charge is 0.352 e. The molecule has 1 aromatic carbocycles. The second kappa shape index (κ2) is 5.51. The molecular weight excluding hydrogens is 188 g/mol. The monoisotopic (exact) mass is 206 g/mol. The third-order valence-electron chi connectivity index (χ3n) is 2.03. The number of amides is 1. The highest BCUT2D eigenvalue weighted by Crippen LogP contribution is 2.06. The lowest BCUT2D eigenvalue weighted by molar-refractivity contribution is -0.119. The number of carbonyl (C=O) groups excluding carboxylic acids is 1. The van der Waals surface area contributed by atoms with Gasteiger partial charge in [-0.3, -0.25) is 4.79 Å². The van der Waals surface area contributed by atoms with E-state index in [-0.39, 0.29) is 5.91 Å². The normalized spacial score (nSPS) is 10.4. The predicted octanol–water partition coefficient (Wildman–Crippen LogP) is 1.38. The van der Waals surface area contributed by atoms with Crippen LogP contribution in [0.15, 0.2) is 24.3 Å². The Bertz CT molecular complexity index is 334. The predicted molar refractivity (Wildman–Crippen MR) is 61.4 cm³/mol. The van der Waals surface area contributed by atoms with Crippen LogP contribution in [0, 0.1) is 0 Å². The van der Waals surface area contributed by atoms with E-state index < -0.39 is 0 Å². The van der Waals surface area contributed by atoms with Gasteiger partial charge < -0.3 is 10.2 Å². The summed E-state index contributed by atoms with van der Waals surface area (Å²) in [4.78, 5) is 12.9. The summed E-state index contributed by atoms with van der Waals surface area (Å²) < 4.78 is 0. The smallest absolute Gasteiger partial charge is 0.217 e. The van der Waals surface area contributed by atoms with Gasteiger partial charge in [0.05, 0.1) is 0 Å². The van der Waals surface area contributed by atoms with Crippen molar-refractivity contribution in [2.45, 2.75) is 20.0 Å². The maximum Gasteiger partial charge on any atom is 0.217 e. The Kier molecular flexibility index (Phi) is 4.31. The highest BCUT2D eigenvalue weighted by atomic mass is 16.1.